The number of hydrogen-bond donors (Lipinski definition) is 1. The van der Waals surface area contributed by atoms with Gasteiger partial charge in [0.15, 0.2) is 0 Å². The van der Waals surface area contributed by atoms with E-state index in [2.05, 4.69) is 55.6 Å². The molecule has 1 unspecified atom stereocenters. The van der Waals surface area contributed by atoms with Crippen molar-refractivity contribution in [2.24, 2.45) is 0 Å². The summed E-state index contributed by atoms with van der Waals surface area (Å²) in [6.07, 6.45) is 0.932. The van der Waals surface area contributed by atoms with E-state index in [1.165, 1.54) is 26.4 Å². The molecule has 0 radical (unpaired) electrons. The van der Waals surface area contributed by atoms with Crippen molar-refractivity contribution < 1.29 is 0 Å². The van der Waals surface area contributed by atoms with E-state index in [-0.39, 0.29) is 0 Å². The largest absolute Gasteiger partial charge is 0.313 e. The minimum atomic E-state index is 0.312. The molecule has 2 nitrogen and oxygen atoms in total. The number of rotatable bonds is 4. The lowest BCUT2D eigenvalue weighted by atomic mass is 9.94. The number of hydrogen-bond acceptors (Lipinski definition) is 3. The Balaban J connectivity index is 1.94. The fourth-order valence-electron chi connectivity index (χ4n) is 2.91. The SMILES string of the molecule is CNC(Cc1nc2ccccc2s1)c1c(C)cccc1C. The second kappa shape index (κ2) is 5.96. The van der Waals surface area contributed by atoms with Crippen LogP contribution in [0.15, 0.2) is 42.5 Å². The van der Waals surface area contributed by atoms with Gasteiger partial charge in [0.2, 0.25) is 0 Å². The summed E-state index contributed by atoms with van der Waals surface area (Å²) in [6.45, 7) is 4.37. The third-order valence-corrected chi connectivity index (χ3v) is 5.01. The first kappa shape index (κ1) is 14.2. The van der Waals surface area contributed by atoms with E-state index in [4.69, 9.17) is 4.98 Å². The summed E-state index contributed by atoms with van der Waals surface area (Å²) in [4.78, 5) is 4.76. The second-order valence-corrected chi connectivity index (χ2v) is 6.54. The molecule has 0 aliphatic carbocycles. The van der Waals surface area contributed by atoms with Crippen LogP contribution in [0.3, 0.4) is 0 Å². The lowest BCUT2D eigenvalue weighted by Crippen LogP contribution is -2.20. The minimum absolute atomic E-state index is 0.312. The van der Waals surface area contributed by atoms with Crippen LogP contribution in [-0.2, 0) is 6.42 Å². The van der Waals surface area contributed by atoms with Gasteiger partial charge in [-0.15, -0.1) is 11.3 Å². The van der Waals surface area contributed by atoms with Crippen molar-refractivity contribution in [2.75, 3.05) is 7.05 Å². The van der Waals surface area contributed by atoms with E-state index >= 15 is 0 Å². The Morgan fingerprint density at radius 2 is 1.76 bits per heavy atom. The highest BCUT2D eigenvalue weighted by Gasteiger charge is 2.16. The lowest BCUT2D eigenvalue weighted by Gasteiger charge is -2.20. The van der Waals surface area contributed by atoms with Gasteiger partial charge < -0.3 is 5.32 Å². The number of aryl methyl sites for hydroxylation is 2. The molecule has 21 heavy (non-hydrogen) atoms. The summed E-state index contributed by atoms with van der Waals surface area (Å²) in [7, 11) is 2.03. The third-order valence-electron chi connectivity index (χ3n) is 3.96. The maximum Gasteiger partial charge on any atom is 0.0957 e. The Kier molecular flexibility index (Phi) is 4.04. The van der Waals surface area contributed by atoms with Crippen LogP contribution < -0.4 is 5.32 Å². The van der Waals surface area contributed by atoms with Crippen LogP contribution in [0.25, 0.3) is 10.2 Å². The monoisotopic (exact) mass is 296 g/mol. The van der Waals surface area contributed by atoms with Gasteiger partial charge in [0.25, 0.3) is 0 Å². The number of aromatic nitrogens is 1. The van der Waals surface area contributed by atoms with E-state index in [9.17, 15) is 0 Å². The van der Waals surface area contributed by atoms with Crippen molar-refractivity contribution in [3.05, 3.63) is 64.2 Å². The number of para-hydroxylation sites is 1. The molecule has 3 rings (SSSR count). The van der Waals surface area contributed by atoms with Crippen LogP contribution in [0.4, 0.5) is 0 Å². The Bertz CT molecular complexity index is 708. The van der Waals surface area contributed by atoms with E-state index in [1.54, 1.807) is 11.3 Å². The number of nitrogens with zero attached hydrogens (tertiary/aromatic N) is 1. The number of fused-ring (bicyclic) bond motifs is 1. The molecule has 0 spiro atoms. The normalized spacial score (nSPS) is 12.7. The number of benzene rings is 2. The van der Waals surface area contributed by atoms with Crippen LogP contribution in [0.2, 0.25) is 0 Å². The second-order valence-electron chi connectivity index (χ2n) is 5.43. The fraction of sp³-hybridized carbons (Fsp3) is 0.278. The Morgan fingerprint density at radius 3 is 2.43 bits per heavy atom. The molecule has 1 N–H and O–H groups in total. The smallest absolute Gasteiger partial charge is 0.0957 e. The third kappa shape index (κ3) is 2.85. The molecule has 0 saturated carbocycles. The number of thiazole rings is 1. The zero-order valence-corrected chi connectivity index (χ0v) is 13.5. The van der Waals surface area contributed by atoms with Crippen LogP contribution in [0.5, 0.6) is 0 Å². The topological polar surface area (TPSA) is 24.9 Å². The Hall–Kier alpha value is -1.71. The zero-order chi connectivity index (χ0) is 14.8. The maximum atomic E-state index is 4.76. The first-order chi connectivity index (χ1) is 10.2. The first-order valence-corrected chi connectivity index (χ1v) is 8.08. The van der Waals surface area contributed by atoms with Gasteiger partial charge in [-0.2, -0.15) is 0 Å². The molecule has 0 fully saturated rings. The molecule has 1 atom stereocenters. The van der Waals surface area contributed by atoms with Gasteiger partial charge in [0.05, 0.1) is 15.2 Å². The molecule has 1 aromatic heterocycles. The van der Waals surface area contributed by atoms with Gasteiger partial charge in [-0.05, 0) is 49.7 Å². The minimum Gasteiger partial charge on any atom is -0.313 e. The summed E-state index contributed by atoms with van der Waals surface area (Å²) < 4.78 is 1.27. The molecule has 2 aromatic carbocycles. The number of nitrogens with one attached hydrogen (secondary N) is 1. The molecule has 0 amide bonds. The zero-order valence-electron chi connectivity index (χ0n) is 12.7. The van der Waals surface area contributed by atoms with Gasteiger partial charge >= 0.3 is 0 Å². The molecule has 0 aliphatic heterocycles. The Morgan fingerprint density at radius 1 is 1.05 bits per heavy atom. The van der Waals surface area contributed by atoms with Gasteiger partial charge in [-0.1, -0.05) is 30.3 Å². The molecular formula is C18H20N2S. The van der Waals surface area contributed by atoms with E-state index in [1.807, 2.05) is 13.1 Å². The Labute approximate surface area is 129 Å². The molecule has 3 heteroatoms. The predicted octanol–water partition coefficient (Wildman–Crippen LogP) is 4.42. The van der Waals surface area contributed by atoms with Crippen LogP contribution in [0, 0.1) is 13.8 Å². The van der Waals surface area contributed by atoms with Crippen molar-refractivity contribution in [3.63, 3.8) is 0 Å². The summed E-state index contributed by atoms with van der Waals surface area (Å²) in [5.74, 6) is 0. The molecule has 0 aliphatic rings. The van der Waals surface area contributed by atoms with Crippen molar-refractivity contribution in [3.8, 4) is 0 Å². The van der Waals surface area contributed by atoms with Gasteiger partial charge in [0.1, 0.15) is 0 Å². The molecule has 0 saturated heterocycles. The van der Waals surface area contributed by atoms with Crippen LogP contribution >= 0.6 is 11.3 Å². The molecular weight excluding hydrogens is 276 g/mol. The summed E-state index contributed by atoms with van der Waals surface area (Å²) >= 11 is 1.80. The lowest BCUT2D eigenvalue weighted by molar-refractivity contribution is 0.584. The van der Waals surface area contributed by atoms with Crippen molar-refractivity contribution in [1.82, 2.24) is 10.3 Å². The summed E-state index contributed by atoms with van der Waals surface area (Å²) in [6, 6.07) is 15.2. The van der Waals surface area contributed by atoms with Crippen molar-refractivity contribution >= 4 is 21.6 Å². The van der Waals surface area contributed by atoms with E-state index in [0.717, 1.165) is 11.9 Å². The van der Waals surface area contributed by atoms with Crippen LogP contribution in [0.1, 0.15) is 27.7 Å². The highest BCUT2D eigenvalue weighted by Crippen LogP contribution is 2.28. The quantitative estimate of drug-likeness (QED) is 0.771. The molecule has 108 valence electrons. The predicted molar refractivity (Wildman–Crippen MR) is 91.0 cm³/mol. The van der Waals surface area contributed by atoms with Crippen LogP contribution in [-0.4, -0.2) is 12.0 Å². The highest BCUT2D eigenvalue weighted by molar-refractivity contribution is 7.18. The summed E-state index contributed by atoms with van der Waals surface area (Å²) in [5, 5.41) is 4.65. The average Bonchev–Trinajstić information content (AvgIpc) is 2.88. The molecule has 0 bridgehead atoms. The van der Waals surface area contributed by atoms with E-state index < -0.39 is 0 Å². The molecule has 1 heterocycles. The first-order valence-electron chi connectivity index (χ1n) is 7.27. The van der Waals surface area contributed by atoms with Gasteiger partial charge in [-0.25, -0.2) is 4.98 Å². The average molecular weight is 296 g/mol. The van der Waals surface area contributed by atoms with Gasteiger partial charge in [0, 0.05) is 12.5 Å². The summed E-state index contributed by atoms with van der Waals surface area (Å²) in [5.41, 5.74) is 5.19. The highest BCUT2D eigenvalue weighted by atomic mass is 32.1. The van der Waals surface area contributed by atoms with Gasteiger partial charge in [-0.3, -0.25) is 0 Å². The van der Waals surface area contributed by atoms with E-state index in [0.29, 0.717) is 6.04 Å². The number of likely N-dealkylation sites (N-methyl/N-ethyl adjacent to an activating group) is 1. The maximum absolute atomic E-state index is 4.76. The standard InChI is InChI=1S/C18H20N2S/c1-12-7-6-8-13(2)18(12)15(19-3)11-17-20-14-9-4-5-10-16(14)21-17/h4-10,15,19H,11H2,1-3H3. The van der Waals surface area contributed by atoms with Crippen molar-refractivity contribution in [1.29, 1.82) is 0 Å². The molecule has 3 aromatic rings. The fourth-order valence-corrected chi connectivity index (χ4v) is 3.92. The van der Waals surface area contributed by atoms with Crippen molar-refractivity contribution in [2.45, 2.75) is 26.3 Å².